The predicted molar refractivity (Wildman–Crippen MR) is 72.3 cm³/mol. The van der Waals surface area contributed by atoms with Gasteiger partial charge in [-0.1, -0.05) is 31.2 Å². The molecule has 0 aliphatic heterocycles. The second-order valence-corrected chi connectivity index (χ2v) is 4.65. The topological polar surface area (TPSA) is 29.7 Å². The van der Waals surface area contributed by atoms with Crippen molar-refractivity contribution >= 4 is 21.7 Å². The van der Waals surface area contributed by atoms with E-state index in [0.717, 1.165) is 11.9 Å². The van der Waals surface area contributed by atoms with E-state index >= 15 is 0 Å². The highest BCUT2D eigenvalue weighted by Crippen LogP contribution is 2.26. The van der Waals surface area contributed by atoms with Crippen LogP contribution in [0.1, 0.15) is 18.2 Å². The largest absolute Gasteiger partial charge is 0.222 e. The zero-order valence-corrected chi connectivity index (χ0v) is 10.9. The molecule has 0 N–H and O–H groups in total. The van der Waals surface area contributed by atoms with E-state index in [1.54, 1.807) is 0 Å². The van der Waals surface area contributed by atoms with Crippen molar-refractivity contribution in [3.63, 3.8) is 0 Å². The van der Waals surface area contributed by atoms with Crippen LogP contribution in [0.2, 0.25) is 0 Å². The molecule has 0 atom stereocenters. The monoisotopic (exact) mass is 238 g/mol. The van der Waals surface area contributed by atoms with Crippen molar-refractivity contribution in [3.8, 4) is 0 Å². The molecule has 0 amide bonds. The Balaban J connectivity index is 2.56. The second-order valence-electron chi connectivity index (χ2n) is 4.65. The molecule has 0 radical (unpaired) electrons. The molecule has 3 nitrogen and oxygen atoms in total. The molecule has 0 aliphatic carbocycles. The highest BCUT2D eigenvalue weighted by atomic mass is 15.4. The number of aromatic nitrogens is 3. The molecule has 0 spiro atoms. The van der Waals surface area contributed by atoms with Gasteiger partial charge in [0.15, 0.2) is 0 Å². The number of nitrogens with zero attached hydrogens (tertiary/aromatic N) is 3. The summed E-state index contributed by atoms with van der Waals surface area (Å²) in [6.07, 6.45) is 0.958. The molecule has 3 aromatic rings. The summed E-state index contributed by atoms with van der Waals surface area (Å²) in [6.45, 7) is 4.28. The zero-order valence-electron chi connectivity index (χ0n) is 10.9. The van der Waals surface area contributed by atoms with Crippen molar-refractivity contribution in [2.75, 3.05) is 0 Å². The van der Waals surface area contributed by atoms with Crippen molar-refractivity contribution in [2.24, 2.45) is 7.05 Å². The summed E-state index contributed by atoms with van der Waals surface area (Å²) >= 11 is 0. The fraction of sp³-hybridized carbons (Fsp3) is 0.267. The Hall–Kier alpha value is -2.03. The predicted octanol–water partition coefficient (Wildman–Crippen LogP) is 2.48. The van der Waals surface area contributed by atoms with E-state index in [1.165, 1.54) is 27.4 Å². The minimum atomic E-state index is 0.958. The lowest BCUT2D eigenvalue weighted by atomic mass is 10.0. The van der Waals surface area contributed by atoms with E-state index in [0.29, 0.717) is 0 Å². The number of fused-ring (bicyclic) bond motifs is 3. The van der Waals surface area contributed by atoms with Crippen LogP contribution >= 0.6 is 0 Å². The van der Waals surface area contributed by atoms with Gasteiger partial charge in [0.25, 0.3) is 0 Å². The van der Waals surface area contributed by atoms with E-state index in [1.807, 2.05) is 11.7 Å². The molecule has 0 saturated carbocycles. The first-order valence-electron chi connectivity index (χ1n) is 6.26. The maximum Gasteiger partial charge on any atom is 0.222 e. The third-order valence-corrected chi connectivity index (χ3v) is 3.54. The van der Waals surface area contributed by atoms with Crippen LogP contribution in [0.3, 0.4) is 0 Å². The lowest BCUT2D eigenvalue weighted by Gasteiger charge is -2.05. The van der Waals surface area contributed by atoms with Gasteiger partial charge in [0.05, 0.1) is 10.5 Å². The Bertz CT molecular complexity index is 747. The first-order valence-corrected chi connectivity index (χ1v) is 6.26. The third kappa shape index (κ3) is 1.47. The van der Waals surface area contributed by atoms with Crippen LogP contribution in [0.15, 0.2) is 30.3 Å². The number of aryl methyl sites for hydroxylation is 3. The van der Waals surface area contributed by atoms with Crippen LogP contribution in [0.4, 0.5) is 0 Å². The summed E-state index contributed by atoms with van der Waals surface area (Å²) in [5, 5.41) is 12.3. The molecule has 2 aromatic carbocycles. The van der Waals surface area contributed by atoms with E-state index in [2.05, 4.69) is 54.5 Å². The van der Waals surface area contributed by atoms with Crippen LogP contribution in [0.5, 0.6) is 0 Å². The quantitative estimate of drug-likeness (QED) is 0.481. The Morgan fingerprint density at radius 1 is 1.17 bits per heavy atom. The van der Waals surface area contributed by atoms with Crippen molar-refractivity contribution in [2.45, 2.75) is 20.3 Å². The Morgan fingerprint density at radius 3 is 2.78 bits per heavy atom. The van der Waals surface area contributed by atoms with Crippen molar-refractivity contribution in [3.05, 3.63) is 41.6 Å². The molecule has 3 rings (SSSR count). The van der Waals surface area contributed by atoms with Gasteiger partial charge in [-0.3, -0.25) is 0 Å². The molecule has 0 saturated heterocycles. The molecule has 0 aliphatic rings. The van der Waals surface area contributed by atoms with Gasteiger partial charge in [-0.25, -0.2) is 0 Å². The number of rotatable bonds is 1. The van der Waals surface area contributed by atoms with Crippen LogP contribution in [-0.4, -0.2) is 10.3 Å². The van der Waals surface area contributed by atoms with Crippen LogP contribution in [0, 0.1) is 6.92 Å². The van der Waals surface area contributed by atoms with E-state index < -0.39 is 0 Å². The maximum atomic E-state index is 4.39. The van der Waals surface area contributed by atoms with Crippen LogP contribution in [0.25, 0.3) is 21.7 Å². The second kappa shape index (κ2) is 4.02. The molecule has 90 valence electrons. The average Bonchev–Trinajstić information content (AvgIpc) is 2.38. The summed E-state index contributed by atoms with van der Waals surface area (Å²) in [7, 11) is 1.95. The van der Waals surface area contributed by atoms with Gasteiger partial charge in [-0.05, 0) is 23.9 Å². The molecule has 0 fully saturated rings. The first kappa shape index (κ1) is 11.1. The summed E-state index contributed by atoms with van der Waals surface area (Å²) in [5.41, 5.74) is 3.49. The van der Waals surface area contributed by atoms with E-state index in [4.69, 9.17) is 0 Å². The van der Waals surface area contributed by atoms with Crippen molar-refractivity contribution in [1.82, 2.24) is 10.3 Å². The molecular formula is C15H16N3+. The Morgan fingerprint density at radius 2 is 2.00 bits per heavy atom. The van der Waals surface area contributed by atoms with Crippen LogP contribution in [-0.2, 0) is 13.5 Å². The minimum Gasteiger partial charge on any atom is -0.137 e. The van der Waals surface area contributed by atoms with Crippen molar-refractivity contribution in [1.29, 1.82) is 0 Å². The van der Waals surface area contributed by atoms with Gasteiger partial charge in [0.2, 0.25) is 5.52 Å². The highest BCUT2D eigenvalue weighted by Gasteiger charge is 2.16. The van der Waals surface area contributed by atoms with Gasteiger partial charge in [-0.15, -0.1) is 4.68 Å². The minimum absolute atomic E-state index is 0.958. The number of hydrogen-bond donors (Lipinski definition) is 0. The summed E-state index contributed by atoms with van der Waals surface area (Å²) in [5.74, 6) is 0. The smallest absolute Gasteiger partial charge is 0.137 e. The number of benzene rings is 2. The maximum absolute atomic E-state index is 4.39. The van der Waals surface area contributed by atoms with Gasteiger partial charge in [0.1, 0.15) is 18.0 Å². The first-order chi connectivity index (χ1) is 8.72. The Kier molecular flexibility index (Phi) is 2.47. The van der Waals surface area contributed by atoms with E-state index in [9.17, 15) is 0 Å². The average molecular weight is 238 g/mol. The molecule has 0 bridgehead atoms. The highest BCUT2D eigenvalue weighted by molar-refractivity contribution is 6.06. The normalized spacial score (nSPS) is 11.3. The molecule has 1 aromatic heterocycles. The van der Waals surface area contributed by atoms with Gasteiger partial charge >= 0.3 is 0 Å². The van der Waals surface area contributed by atoms with Gasteiger partial charge < -0.3 is 0 Å². The van der Waals surface area contributed by atoms with Crippen LogP contribution < -0.4 is 4.68 Å². The molecule has 0 unspecified atom stereocenters. The molecule has 1 heterocycles. The molecule has 3 heteroatoms. The zero-order chi connectivity index (χ0) is 12.7. The van der Waals surface area contributed by atoms with E-state index in [-0.39, 0.29) is 0 Å². The standard InChI is InChI=1S/C15H16N3/c1-4-13-12-9-8-11-7-5-6-10(2)14(11)15(12)16-17-18(13)3/h5-9H,4H2,1-3H3/q+1. The summed E-state index contributed by atoms with van der Waals surface area (Å²) < 4.78 is 1.87. The molecule has 18 heavy (non-hydrogen) atoms. The lowest BCUT2D eigenvalue weighted by Crippen LogP contribution is -2.38. The SMILES string of the molecule is CCc1c2ccc3cccc(C)c3c2nn[n+]1C. The summed E-state index contributed by atoms with van der Waals surface area (Å²) in [6, 6.07) is 10.7. The Labute approximate surface area is 106 Å². The van der Waals surface area contributed by atoms with Gasteiger partial charge in [0, 0.05) is 11.8 Å². The lowest BCUT2D eigenvalue weighted by molar-refractivity contribution is -0.741. The van der Waals surface area contributed by atoms with Gasteiger partial charge in [-0.2, -0.15) is 0 Å². The summed E-state index contributed by atoms with van der Waals surface area (Å²) in [4.78, 5) is 0. The fourth-order valence-corrected chi connectivity index (χ4v) is 2.64. The molecular weight excluding hydrogens is 222 g/mol. The third-order valence-electron chi connectivity index (χ3n) is 3.54. The van der Waals surface area contributed by atoms with Crippen molar-refractivity contribution < 1.29 is 4.68 Å². The number of hydrogen-bond acceptors (Lipinski definition) is 2. The fourth-order valence-electron chi connectivity index (χ4n) is 2.64.